The van der Waals surface area contributed by atoms with Gasteiger partial charge in [0.15, 0.2) is 11.6 Å². The summed E-state index contributed by atoms with van der Waals surface area (Å²) >= 11 is 2.67. The van der Waals surface area contributed by atoms with Gasteiger partial charge in [-0.05, 0) is 6.07 Å². The van der Waals surface area contributed by atoms with Gasteiger partial charge in [-0.15, -0.1) is 0 Å². The van der Waals surface area contributed by atoms with E-state index in [2.05, 4.69) is 25.9 Å². The number of nitrogens with zero attached hydrogens (tertiary/aromatic N) is 3. The molecule has 1 rings (SSSR count). The third-order valence-corrected chi connectivity index (χ3v) is 2.72. The van der Waals surface area contributed by atoms with E-state index in [1.54, 1.807) is 0 Å². The normalized spacial score (nSPS) is 12.1. The Bertz CT molecular complexity index is 639. The number of guanidine groups is 2. The average Bonchev–Trinajstić information content (AvgIpc) is 2.24. The van der Waals surface area contributed by atoms with Gasteiger partial charge in [-0.3, -0.25) is 10.1 Å². The maximum atomic E-state index is 13.0. The number of aliphatic imine (C=N–C) groups is 2. The van der Waals surface area contributed by atoms with Gasteiger partial charge < -0.3 is 17.2 Å². The van der Waals surface area contributed by atoms with Crippen molar-refractivity contribution in [1.82, 2.24) is 0 Å². The quantitative estimate of drug-likeness (QED) is 0.314. The molecule has 12 heteroatoms. The highest BCUT2D eigenvalue weighted by molar-refractivity contribution is 9.10. The van der Waals surface area contributed by atoms with Crippen LogP contribution in [0.25, 0.3) is 0 Å². The molecule has 0 fully saturated rings. The van der Waals surface area contributed by atoms with Gasteiger partial charge in [0, 0.05) is 10.5 Å². The average molecular weight is 369 g/mol. The molecular weight excluding hydrogens is 361 g/mol. The van der Waals surface area contributed by atoms with Crippen molar-refractivity contribution in [1.29, 1.82) is 0 Å². The Labute approximate surface area is 123 Å². The van der Waals surface area contributed by atoms with Gasteiger partial charge in [-0.2, -0.15) is 18.2 Å². The summed E-state index contributed by atoms with van der Waals surface area (Å²) in [4.78, 5) is 16.3. The highest BCUT2D eigenvalue weighted by atomic mass is 79.9. The number of rotatable bonds is 2. The lowest BCUT2D eigenvalue weighted by molar-refractivity contribution is -0.384. The van der Waals surface area contributed by atoms with Crippen LogP contribution < -0.4 is 17.2 Å². The molecule has 8 nitrogen and oxygen atoms in total. The lowest BCUT2D eigenvalue weighted by atomic mass is 10.1. The number of alkyl halides is 3. The van der Waals surface area contributed by atoms with Gasteiger partial charge in [-0.1, -0.05) is 15.9 Å². The molecular formula is C9H8BrF3N6O2. The van der Waals surface area contributed by atoms with Gasteiger partial charge in [0.1, 0.15) is 5.56 Å². The van der Waals surface area contributed by atoms with Crippen molar-refractivity contribution in [3.05, 3.63) is 32.3 Å². The Hall–Kier alpha value is -2.37. The third-order valence-electron chi connectivity index (χ3n) is 2.06. The van der Waals surface area contributed by atoms with Crippen LogP contribution in [0.5, 0.6) is 0 Å². The summed E-state index contributed by atoms with van der Waals surface area (Å²) in [6.07, 6.45) is -4.90. The zero-order valence-corrected chi connectivity index (χ0v) is 11.6. The standard InChI is InChI=1S/C9H8BrF3N6O2/c10-3-1-2-4(19(20)21)6(5(3)9(11,12)13)17-8(16)18-7(14)15/h1-2H,(H6,14,15,16,17,18). The van der Waals surface area contributed by atoms with Gasteiger partial charge in [0.25, 0.3) is 5.69 Å². The first kappa shape index (κ1) is 16.7. The lowest BCUT2D eigenvalue weighted by Crippen LogP contribution is -2.26. The molecule has 21 heavy (non-hydrogen) atoms. The Morgan fingerprint density at radius 1 is 1.29 bits per heavy atom. The van der Waals surface area contributed by atoms with Crippen LogP contribution >= 0.6 is 15.9 Å². The highest BCUT2D eigenvalue weighted by Crippen LogP contribution is 2.45. The van der Waals surface area contributed by atoms with Crippen LogP contribution in [0.1, 0.15) is 5.56 Å². The number of nitro groups is 1. The van der Waals surface area contributed by atoms with Crippen molar-refractivity contribution in [2.24, 2.45) is 27.2 Å². The van der Waals surface area contributed by atoms with Crippen LogP contribution in [-0.2, 0) is 6.18 Å². The van der Waals surface area contributed by atoms with Crippen molar-refractivity contribution >= 4 is 39.2 Å². The summed E-state index contributed by atoms with van der Waals surface area (Å²) in [5.41, 5.74) is 12.0. The van der Waals surface area contributed by atoms with Crippen molar-refractivity contribution in [2.75, 3.05) is 0 Å². The molecule has 0 aliphatic heterocycles. The van der Waals surface area contributed by atoms with Crippen LogP contribution in [0, 0.1) is 10.1 Å². The summed E-state index contributed by atoms with van der Waals surface area (Å²) in [5.74, 6) is -1.30. The fourth-order valence-corrected chi connectivity index (χ4v) is 1.90. The fraction of sp³-hybridized carbons (Fsp3) is 0.111. The predicted octanol–water partition coefficient (Wildman–Crippen LogP) is 1.60. The topological polar surface area (TPSA) is 146 Å². The first-order valence-electron chi connectivity index (χ1n) is 5.02. The van der Waals surface area contributed by atoms with Crippen LogP contribution in [-0.4, -0.2) is 16.8 Å². The van der Waals surface area contributed by atoms with E-state index in [1.165, 1.54) is 0 Å². The molecule has 0 heterocycles. The summed E-state index contributed by atoms with van der Waals surface area (Å²) in [6, 6.07) is 1.73. The molecule has 0 aliphatic carbocycles. The molecule has 0 aromatic heterocycles. The molecule has 6 N–H and O–H groups in total. The number of halogens is 4. The molecule has 0 radical (unpaired) electrons. The molecule has 0 amide bonds. The molecule has 0 aliphatic rings. The Morgan fingerprint density at radius 2 is 1.86 bits per heavy atom. The summed E-state index contributed by atoms with van der Waals surface area (Å²) in [7, 11) is 0. The first-order valence-corrected chi connectivity index (χ1v) is 5.81. The highest BCUT2D eigenvalue weighted by Gasteiger charge is 2.39. The van der Waals surface area contributed by atoms with E-state index in [-0.39, 0.29) is 0 Å². The lowest BCUT2D eigenvalue weighted by Gasteiger charge is -2.12. The van der Waals surface area contributed by atoms with Gasteiger partial charge in [0.2, 0.25) is 5.96 Å². The fourth-order valence-electron chi connectivity index (χ4n) is 1.36. The smallest absolute Gasteiger partial charge is 0.370 e. The number of hydrogen-bond acceptors (Lipinski definition) is 3. The summed E-state index contributed by atoms with van der Waals surface area (Å²) < 4.78 is 38.6. The van der Waals surface area contributed by atoms with Crippen molar-refractivity contribution in [2.45, 2.75) is 6.18 Å². The van der Waals surface area contributed by atoms with Crippen molar-refractivity contribution in [3.8, 4) is 0 Å². The monoisotopic (exact) mass is 368 g/mol. The second-order valence-electron chi connectivity index (χ2n) is 3.55. The van der Waals surface area contributed by atoms with Crippen molar-refractivity contribution in [3.63, 3.8) is 0 Å². The molecule has 0 saturated heterocycles. The minimum absolute atomic E-state index is 0.433. The molecule has 0 spiro atoms. The molecule has 0 atom stereocenters. The summed E-state index contributed by atoms with van der Waals surface area (Å²) in [6.45, 7) is 0. The molecule has 114 valence electrons. The van der Waals surface area contributed by atoms with Gasteiger partial charge >= 0.3 is 6.18 Å². The van der Waals surface area contributed by atoms with E-state index in [4.69, 9.17) is 17.2 Å². The largest absolute Gasteiger partial charge is 0.419 e. The zero-order valence-electron chi connectivity index (χ0n) is 10.1. The number of nitro benzene ring substituents is 1. The maximum absolute atomic E-state index is 13.0. The minimum atomic E-state index is -4.90. The van der Waals surface area contributed by atoms with E-state index in [9.17, 15) is 23.3 Å². The SMILES string of the molecule is NC(N)=NC(N)=Nc1c([N+](=O)[O-])ccc(Br)c1C(F)(F)F. The van der Waals surface area contributed by atoms with E-state index in [0.29, 0.717) is 0 Å². The maximum Gasteiger partial charge on any atom is 0.419 e. The van der Waals surface area contributed by atoms with Crippen LogP contribution in [0.4, 0.5) is 24.5 Å². The third kappa shape index (κ3) is 4.05. The molecule has 1 aromatic rings. The molecule has 1 aromatic carbocycles. The Balaban J connectivity index is 3.70. The minimum Gasteiger partial charge on any atom is -0.370 e. The second-order valence-corrected chi connectivity index (χ2v) is 4.41. The number of nitrogens with two attached hydrogens (primary N) is 3. The van der Waals surface area contributed by atoms with E-state index >= 15 is 0 Å². The van der Waals surface area contributed by atoms with E-state index in [1.807, 2.05) is 0 Å². The van der Waals surface area contributed by atoms with E-state index in [0.717, 1.165) is 12.1 Å². The number of hydrogen-bond donors (Lipinski definition) is 3. The first-order chi connectivity index (χ1) is 9.54. The molecule has 0 unspecified atom stereocenters. The van der Waals surface area contributed by atoms with Crippen LogP contribution in [0.15, 0.2) is 26.6 Å². The zero-order chi connectivity index (χ0) is 16.4. The van der Waals surface area contributed by atoms with Crippen molar-refractivity contribution < 1.29 is 18.1 Å². The number of benzene rings is 1. The Kier molecular flexibility index (Phi) is 4.73. The Morgan fingerprint density at radius 3 is 2.29 bits per heavy atom. The van der Waals surface area contributed by atoms with E-state index < -0.39 is 44.4 Å². The van der Waals surface area contributed by atoms with Crippen LogP contribution in [0.3, 0.4) is 0 Å². The van der Waals surface area contributed by atoms with Gasteiger partial charge in [-0.25, -0.2) is 4.99 Å². The van der Waals surface area contributed by atoms with Gasteiger partial charge in [0.05, 0.1) is 4.92 Å². The summed E-state index contributed by atoms with van der Waals surface area (Å²) in [5, 5.41) is 10.8. The molecule has 0 bridgehead atoms. The predicted molar refractivity (Wildman–Crippen MR) is 72.9 cm³/mol. The van der Waals surface area contributed by atoms with Crippen LogP contribution in [0.2, 0.25) is 0 Å². The molecule has 0 saturated carbocycles. The second kappa shape index (κ2) is 5.95.